The molecule has 0 saturated carbocycles. The molecule has 0 heterocycles. The van der Waals surface area contributed by atoms with Gasteiger partial charge in [-0.05, 0) is 77.0 Å². The minimum absolute atomic E-state index is 0.00109. The van der Waals surface area contributed by atoms with Crippen LogP contribution in [0.4, 0.5) is 0 Å². The van der Waals surface area contributed by atoms with Crippen LogP contribution in [0, 0.1) is 0 Å². The largest absolute Gasteiger partial charge is 0.394 e. The summed E-state index contributed by atoms with van der Waals surface area (Å²) in [7, 11) is 0. The normalized spacial score (nSPS) is 13.8. The molecule has 63 heavy (non-hydrogen) atoms. The number of carbonyl (C=O) groups excluding carboxylic acids is 1. The minimum Gasteiger partial charge on any atom is -0.394 e. The van der Waals surface area contributed by atoms with Gasteiger partial charge in [-0.25, -0.2) is 0 Å². The molecular weight excluding hydrogens is 775 g/mol. The molecule has 368 valence electrons. The highest BCUT2D eigenvalue weighted by atomic mass is 16.3. The van der Waals surface area contributed by atoms with Crippen molar-refractivity contribution < 1.29 is 20.1 Å². The molecule has 4 N–H and O–H groups in total. The zero-order valence-electron chi connectivity index (χ0n) is 42.0. The van der Waals surface area contributed by atoms with Crippen LogP contribution >= 0.6 is 0 Å². The fourth-order valence-corrected chi connectivity index (χ4v) is 8.29. The van der Waals surface area contributed by atoms with Crippen LogP contribution in [-0.4, -0.2) is 46.1 Å². The van der Waals surface area contributed by atoms with Crippen LogP contribution in [0.5, 0.6) is 0 Å². The molecule has 3 unspecified atom stereocenters. The lowest BCUT2D eigenvalue weighted by Gasteiger charge is -2.21. The van der Waals surface area contributed by atoms with E-state index >= 15 is 0 Å². The highest BCUT2D eigenvalue weighted by molar-refractivity contribution is 5.76. The summed E-state index contributed by atoms with van der Waals surface area (Å²) in [6.07, 6.45) is 71.4. The van der Waals surface area contributed by atoms with Gasteiger partial charge in [0.2, 0.25) is 5.91 Å². The fraction of sp³-hybridized carbons (Fsp3) is 0.810. The maximum Gasteiger partial charge on any atom is 0.222 e. The molecule has 0 aliphatic rings. The van der Waals surface area contributed by atoms with Gasteiger partial charge in [-0.1, -0.05) is 254 Å². The van der Waals surface area contributed by atoms with Crippen molar-refractivity contribution in [2.45, 2.75) is 295 Å². The summed E-state index contributed by atoms with van der Waals surface area (Å²) >= 11 is 0. The summed E-state index contributed by atoms with van der Waals surface area (Å²) in [6, 6.07) is -0.769. The predicted molar refractivity (Wildman–Crippen MR) is 277 cm³/mol. The van der Waals surface area contributed by atoms with Gasteiger partial charge in [0.15, 0.2) is 0 Å². The fourth-order valence-electron chi connectivity index (χ4n) is 8.29. The van der Waals surface area contributed by atoms with Gasteiger partial charge in [0.1, 0.15) is 0 Å². The number of aliphatic hydroxyl groups excluding tert-OH is 3. The van der Waals surface area contributed by atoms with Crippen LogP contribution in [0.1, 0.15) is 277 Å². The Bertz CT molecular complexity index is 1060. The quantitative estimate of drug-likeness (QED) is 0.0362. The first-order valence-corrected chi connectivity index (χ1v) is 27.6. The van der Waals surface area contributed by atoms with Gasteiger partial charge in [0, 0.05) is 0 Å². The van der Waals surface area contributed by atoms with Crippen molar-refractivity contribution in [3.63, 3.8) is 0 Å². The van der Waals surface area contributed by atoms with Gasteiger partial charge >= 0.3 is 0 Å². The number of allylic oxidation sites excluding steroid dienone is 9. The molecule has 0 spiro atoms. The summed E-state index contributed by atoms with van der Waals surface area (Å²) in [5, 5.41) is 33.3. The van der Waals surface area contributed by atoms with Crippen LogP contribution < -0.4 is 5.32 Å². The summed E-state index contributed by atoms with van der Waals surface area (Å²) in [5.74, 6) is -0.330. The van der Waals surface area contributed by atoms with Crippen molar-refractivity contribution in [1.82, 2.24) is 5.32 Å². The van der Waals surface area contributed by atoms with E-state index < -0.39 is 18.2 Å². The van der Waals surface area contributed by atoms with Crippen molar-refractivity contribution in [3.05, 3.63) is 60.8 Å². The molecule has 0 rings (SSSR count). The van der Waals surface area contributed by atoms with E-state index in [1.807, 2.05) is 6.08 Å². The molecule has 0 radical (unpaired) electrons. The SMILES string of the molecule is CCCCC/C=C/CC/C=C/CC/C=C/C(O)C(CO)NC(=O)CC(O)CCCCCCCCCCCCCCCCC/C=C\C/C=C\CCCCCCCCCCCCCCC. The number of hydrogen-bond donors (Lipinski definition) is 4. The Morgan fingerprint density at radius 3 is 1.14 bits per heavy atom. The molecule has 0 bridgehead atoms. The van der Waals surface area contributed by atoms with E-state index in [9.17, 15) is 20.1 Å². The molecule has 0 aliphatic heterocycles. The van der Waals surface area contributed by atoms with E-state index in [1.54, 1.807) is 6.08 Å². The monoisotopic (exact) mass is 882 g/mol. The second kappa shape index (κ2) is 52.7. The van der Waals surface area contributed by atoms with Crippen molar-refractivity contribution in [1.29, 1.82) is 0 Å². The Hall–Kier alpha value is -1.95. The lowest BCUT2D eigenvalue weighted by molar-refractivity contribution is -0.124. The minimum atomic E-state index is -0.961. The van der Waals surface area contributed by atoms with Crippen LogP contribution in [-0.2, 0) is 4.79 Å². The van der Waals surface area contributed by atoms with E-state index in [4.69, 9.17) is 0 Å². The first-order chi connectivity index (χ1) is 31.0. The third-order valence-electron chi connectivity index (χ3n) is 12.5. The van der Waals surface area contributed by atoms with Crippen LogP contribution in [0.2, 0.25) is 0 Å². The van der Waals surface area contributed by atoms with Crippen LogP contribution in [0.15, 0.2) is 60.8 Å². The average molecular weight is 882 g/mol. The molecule has 5 nitrogen and oxygen atoms in total. The second-order valence-electron chi connectivity index (χ2n) is 18.8. The van der Waals surface area contributed by atoms with E-state index in [1.165, 1.54) is 205 Å². The van der Waals surface area contributed by atoms with E-state index in [2.05, 4.69) is 67.8 Å². The standard InChI is InChI=1S/C58H107NO4/c1-3-5-7-9-11-13-15-17-18-19-20-21-22-23-24-25-26-27-28-29-30-31-32-33-34-35-36-37-38-40-41-43-45-47-49-51-55(61)53-58(63)59-56(54-60)57(62)52-50-48-46-44-42-39-16-14-12-10-8-6-4-2/h12,14,24-25,27-28,42,44,50,52,55-57,60-62H,3-11,13,15-23,26,29-41,43,45-49,51,53-54H2,1-2H3,(H,59,63)/b14-12+,25-24-,28-27-,44-42+,52-50+. The molecule has 0 aliphatic carbocycles. The number of nitrogens with one attached hydrogen (secondary N) is 1. The predicted octanol–water partition coefficient (Wildman–Crippen LogP) is 17.0. The van der Waals surface area contributed by atoms with Crippen LogP contribution in [0.3, 0.4) is 0 Å². The Kier molecular flexibility index (Phi) is 51.0. The number of unbranched alkanes of at least 4 members (excludes halogenated alkanes) is 33. The number of carbonyl (C=O) groups is 1. The zero-order valence-corrected chi connectivity index (χ0v) is 42.0. The second-order valence-corrected chi connectivity index (χ2v) is 18.8. The van der Waals surface area contributed by atoms with Crippen molar-refractivity contribution in [2.24, 2.45) is 0 Å². The van der Waals surface area contributed by atoms with E-state index in [0.717, 1.165) is 44.9 Å². The van der Waals surface area contributed by atoms with Gasteiger partial charge in [-0.3, -0.25) is 4.79 Å². The number of amides is 1. The molecule has 0 aromatic rings. The molecule has 0 aromatic heterocycles. The van der Waals surface area contributed by atoms with Crippen molar-refractivity contribution in [2.75, 3.05) is 6.61 Å². The van der Waals surface area contributed by atoms with Crippen molar-refractivity contribution >= 4 is 5.91 Å². The third-order valence-corrected chi connectivity index (χ3v) is 12.5. The van der Waals surface area contributed by atoms with Gasteiger partial charge < -0.3 is 20.6 Å². The van der Waals surface area contributed by atoms with Gasteiger partial charge in [0.25, 0.3) is 0 Å². The Balaban J connectivity index is 3.53. The maximum absolute atomic E-state index is 12.5. The maximum atomic E-state index is 12.5. The average Bonchev–Trinajstić information content (AvgIpc) is 3.28. The zero-order chi connectivity index (χ0) is 45.8. The van der Waals surface area contributed by atoms with E-state index in [0.29, 0.717) is 6.42 Å². The molecule has 1 amide bonds. The first kappa shape index (κ1) is 61.0. The van der Waals surface area contributed by atoms with E-state index in [-0.39, 0.29) is 18.9 Å². The molecule has 3 atom stereocenters. The Labute approximate surface area is 392 Å². The summed E-state index contributed by atoms with van der Waals surface area (Å²) in [4.78, 5) is 12.5. The molecular formula is C58H107NO4. The first-order valence-electron chi connectivity index (χ1n) is 27.6. The molecule has 0 fully saturated rings. The smallest absolute Gasteiger partial charge is 0.222 e. The third kappa shape index (κ3) is 49.3. The topological polar surface area (TPSA) is 89.8 Å². The Morgan fingerprint density at radius 2 is 0.730 bits per heavy atom. The van der Waals surface area contributed by atoms with Crippen LogP contribution in [0.25, 0.3) is 0 Å². The summed E-state index contributed by atoms with van der Waals surface area (Å²) < 4.78 is 0. The molecule has 5 heteroatoms. The van der Waals surface area contributed by atoms with Crippen molar-refractivity contribution in [3.8, 4) is 0 Å². The highest BCUT2D eigenvalue weighted by Crippen LogP contribution is 2.16. The van der Waals surface area contributed by atoms with Gasteiger partial charge in [-0.2, -0.15) is 0 Å². The number of rotatable bonds is 50. The summed E-state index contributed by atoms with van der Waals surface area (Å²) in [5.41, 5.74) is 0. The highest BCUT2D eigenvalue weighted by Gasteiger charge is 2.20. The number of hydrogen-bond acceptors (Lipinski definition) is 4. The lowest BCUT2D eigenvalue weighted by atomic mass is 10.0. The number of aliphatic hydroxyl groups is 3. The molecule has 0 aromatic carbocycles. The summed E-state index contributed by atoms with van der Waals surface area (Å²) in [6.45, 7) is 4.17. The van der Waals surface area contributed by atoms with Gasteiger partial charge in [-0.15, -0.1) is 0 Å². The van der Waals surface area contributed by atoms with Gasteiger partial charge in [0.05, 0.1) is 31.3 Å². The lowest BCUT2D eigenvalue weighted by Crippen LogP contribution is -2.45. The molecule has 0 saturated heterocycles. The Morgan fingerprint density at radius 1 is 0.413 bits per heavy atom.